The maximum absolute atomic E-state index is 4.94. The summed E-state index contributed by atoms with van der Waals surface area (Å²) < 4.78 is 0. The van der Waals surface area contributed by atoms with Crippen LogP contribution in [0.4, 0.5) is 5.69 Å². The molecule has 0 saturated heterocycles. The molecule has 0 spiro atoms. The van der Waals surface area contributed by atoms with Gasteiger partial charge in [-0.15, -0.1) is 8.58 Å². The lowest BCUT2D eigenvalue weighted by Gasteiger charge is -2.24. The monoisotopic (exact) mass is 358 g/mol. The molecule has 0 amide bonds. The van der Waals surface area contributed by atoms with Crippen molar-refractivity contribution in [1.29, 1.82) is 0 Å². The van der Waals surface area contributed by atoms with E-state index in [-0.39, 0.29) is 0 Å². The van der Waals surface area contributed by atoms with E-state index in [2.05, 4.69) is 64.0 Å². The molecule has 2 nitrogen and oxygen atoms in total. The van der Waals surface area contributed by atoms with Crippen molar-refractivity contribution in [3.8, 4) is 0 Å². The highest BCUT2D eigenvalue weighted by Crippen LogP contribution is 2.34. The minimum absolute atomic E-state index is 0.510. The summed E-state index contributed by atoms with van der Waals surface area (Å²) in [4.78, 5) is 4.94. The first-order chi connectivity index (χ1) is 12.0. The van der Waals surface area contributed by atoms with Crippen molar-refractivity contribution in [2.24, 2.45) is 4.99 Å². The molecule has 0 heterocycles. The van der Waals surface area contributed by atoms with E-state index in [9.17, 15) is 0 Å². The SMILES string of the molecule is CPCCCN=C1CCCC=C1Nc1c(C(C)C)cccc1C(C)C. The van der Waals surface area contributed by atoms with Gasteiger partial charge < -0.3 is 5.32 Å². The number of benzene rings is 1. The number of hydrogen-bond acceptors (Lipinski definition) is 2. The van der Waals surface area contributed by atoms with Crippen LogP contribution in [0.25, 0.3) is 0 Å². The van der Waals surface area contributed by atoms with Crippen molar-refractivity contribution < 1.29 is 0 Å². The molecule has 138 valence electrons. The Labute approximate surface area is 156 Å². The molecule has 1 aliphatic rings. The molecule has 0 fully saturated rings. The summed E-state index contributed by atoms with van der Waals surface area (Å²) >= 11 is 0. The van der Waals surface area contributed by atoms with Crippen LogP contribution in [0.2, 0.25) is 0 Å². The molecule has 25 heavy (non-hydrogen) atoms. The highest BCUT2D eigenvalue weighted by molar-refractivity contribution is 7.36. The summed E-state index contributed by atoms with van der Waals surface area (Å²) in [6.07, 6.45) is 8.35. The van der Waals surface area contributed by atoms with E-state index in [1.807, 2.05) is 0 Å². The second kappa shape index (κ2) is 10.1. The van der Waals surface area contributed by atoms with Crippen molar-refractivity contribution in [2.75, 3.05) is 24.7 Å². The van der Waals surface area contributed by atoms with E-state index in [1.165, 1.54) is 47.2 Å². The standard InChI is InChI=1S/C22H35N2P/c1-16(2)18-10-8-11-19(17(3)4)22(18)24-21-13-7-6-12-20(21)23-14-9-15-25-5/h8,10-11,13,16-17,24-25H,6-7,9,12,14-15H2,1-5H3. The fraction of sp³-hybridized carbons (Fsp3) is 0.591. The highest BCUT2D eigenvalue weighted by atomic mass is 31.1. The Morgan fingerprint density at radius 1 is 1.12 bits per heavy atom. The minimum Gasteiger partial charge on any atom is -0.354 e. The molecule has 1 aromatic carbocycles. The minimum atomic E-state index is 0.510. The number of rotatable bonds is 8. The molecule has 1 unspecified atom stereocenters. The van der Waals surface area contributed by atoms with Crippen molar-refractivity contribution in [2.45, 2.75) is 65.2 Å². The zero-order valence-electron chi connectivity index (χ0n) is 16.7. The molecule has 1 aromatic rings. The first kappa shape index (κ1) is 20.2. The van der Waals surface area contributed by atoms with Crippen LogP contribution in [0.15, 0.2) is 35.0 Å². The van der Waals surface area contributed by atoms with Crippen LogP contribution in [0.5, 0.6) is 0 Å². The van der Waals surface area contributed by atoms with Crippen molar-refractivity contribution >= 4 is 20.0 Å². The fourth-order valence-electron chi connectivity index (χ4n) is 3.36. The Bertz CT molecular complexity index is 588. The third-order valence-corrected chi connectivity index (χ3v) is 5.65. The summed E-state index contributed by atoms with van der Waals surface area (Å²) in [6, 6.07) is 6.73. The van der Waals surface area contributed by atoms with Gasteiger partial charge in [-0.05, 0) is 61.5 Å². The van der Waals surface area contributed by atoms with Crippen LogP contribution < -0.4 is 5.32 Å². The second-order valence-corrected chi connectivity index (χ2v) is 8.75. The zero-order valence-corrected chi connectivity index (χ0v) is 17.7. The summed E-state index contributed by atoms with van der Waals surface area (Å²) in [6.45, 7) is 12.4. The molecule has 0 aromatic heterocycles. The van der Waals surface area contributed by atoms with Gasteiger partial charge in [0.2, 0.25) is 0 Å². The molecule has 0 bridgehead atoms. The Morgan fingerprint density at radius 3 is 2.40 bits per heavy atom. The Kier molecular flexibility index (Phi) is 8.16. The van der Waals surface area contributed by atoms with E-state index >= 15 is 0 Å². The molecule has 1 atom stereocenters. The maximum atomic E-state index is 4.94. The molecular formula is C22H35N2P. The molecule has 0 radical (unpaired) electrons. The summed E-state index contributed by atoms with van der Waals surface area (Å²) in [7, 11) is 1.04. The number of para-hydroxylation sites is 1. The largest absolute Gasteiger partial charge is 0.354 e. The van der Waals surface area contributed by atoms with Gasteiger partial charge in [0.15, 0.2) is 0 Å². The quantitative estimate of drug-likeness (QED) is 0.413. The van der Waals surface area contributed by atoms with Crippen molar-refractivity contribution in [3.05, 3.63) is 41.1 Å². The molecule has 1 aliphatic carbocycles. The average molecular weight is 359 g/mol. The van der Waals surface area contributed by atoms with Gasteiger partial charge in [-0.1, -0.05) is 52.0 Å². The van der Waals surface area contributed by atoms with Gasteiger partial charge in [0.1, 0.15) is 0 Å². The molecule has 0 saturated carbocycles. The lowest BCUT2D eigenvalue weighted by Crippen LogP contribution is -2.18. The normalized spacial score (nSPS) is 17.1. The van der Waals surface area contributed by atoms with Crippen LogP contribution in [0.1, 0.15) is 76.3 Å². The Morgan fingerprint density at radius 2 is 1.80 bits per heavy atom. The van der Waals surface area contributed by atoms with E-state index < -0.39 is 0 Å². The third-order valence-electron chi connectivity index (χ3n) is 4.80. The lowest BCUT2D eigenvalue weighted by molar-refractivity contribution is 0.831. The first-order valence-corrected chi connectivity index (χ1v) is 11.5. The summed E-state index contributed by atoms with van der Waals surface area (Å²) in [5.41, 5.74) is 6.65. The number of aliphatic imine (C=N–C) groups is 1. The number of nitrogens with zero attached hydrogens (tertiary/aromatic N) is 1. The molecule has 2 rings (SSSR count). The van der Waals surface area contributed by atoms with Gasteiger partial charge >= 0.3 is 0 Å². The zero-order chi connectivity index (χ0) is 18.2. The molecule has 3 heteroatoms. The van der Waals surface area contributed by atoms with E-state index in [0.717, 1.165) is 28.0 Å². The summed E-state index contributed by atoms with van der Waals surface area (Å²) in [5.74, 6) is 1.02. The predicted octanol–water partition coefficient (Wildman–Crippen LogP) is 6.55. The Balaban J connectivity index is 2.28. The van der Waals surface area contributed by atoms with E-state index in [1.54, 1.807) is 0 Å². The van der Waals surface area contributed by atoms with Crippen molar-refractivity contribution in [1.82, 2.24) is 0 Å². The molecular weight excluding hydrogens is 323 g/mol. The van der Waals surface area contributed by atoms with Crippen LogP contribution in [0, 0.1) is 0 Å². The van der Waals surface area contributed by atoms with Gasteiger partial charge in [0.25, 0.3) is 0 Å². The fourth-order valence-corrected chi connectivity index (χ4v) is 3.87. The van der Waals surface area contributed by atoms with E-state index in [0.29, 0.717) is 11.8 Å². The van der Waals surface area contributed by atoms with Gasteiger partial charge in [0, 0.05) is 12.2 Å². The van der Waals surface area contributed by atoms with Gasteiger partial charge in [-0.25, -0.2) is 0 Å². The van der Waals surface area contributed by atoms with Crippen LogP contribution in [-0.2, 0) is 0 Å². The maximum Gasteiger partial charge on any atom is 0.0579 e. The van der Waals surface area contributed by atoms with Gasteiger partial charge in [-0.2, -0.15) is 0 Å². The third kappa shape index (κ3) is 5.68. The first-order valence-electron chi connectivity index (χ1n) is 9.82. The van der Waals surface area contributed by atoms with Gasteiger partial charge in [0.05, 0.1) is 11.4 Å². The highest BCUT2D eigenvalue weighted by Gasteiger charge is 2.18. The predicted molar refractivity (Wildman–Crippen MR) is 116 cm³/mol. The smallest absolute Gasteiger partial charge is 0.0579 e. The lowest BCUT2D eigenvalue weighted by atomic mass is 9.92. The number of allylic oxidation sites excluding steroid dienone is 2. The van der Waals surface area contributed by atoms with Crippen LogP contribution in [-0.4, -0.2) is 25.1 Å². The average Bonchev–Trinajstić information content (AvgIpc) is 2.59. The topological polar surface area (TPSA) is 24.4 Å². The summed E-state index contributed by atoms with van der Waals surface area (Å²) in [5, 5.41) is 3.80. The second-order valence-electron chi connectivity index (χ2n) is 7.54. The number of anilines is 1. The van der Waals surface area contributed by atoms with Gasteiger partial charge in [-0.3, -0.25) is 4.99 Å². The van der Waals surface area contributed by atoms with E-state index in [4.69, 9.17) is 4.99 Å². The van der Waals surface area contributed by atoms with Crippen LogP contribution in [0.3, 0.4) is 0 Å². The Hall–Kier alpha value is -1.14. The number of hydrogen-bond donors (Lipinski definition) is 1. The van der Waals surface area contributed by atoms with Crippen molar-refractivity contribution in [3.63, 3.8) is 0 Å². The molecule has 1 N–H and O–H groups in total. The molecule has 0 aliphatic heterocycles. The van der Waals surface area contributed by atoms with Crippen LogP contribution >= 0.6 is 8.58 Å². The number of nitrogens with one attached hydrogen (secondary N) is 1.